The molecule has 116 valence electrons. The number of rotatable bonds is 4. The van der Waals surface area contributed by atoms with Crippen LogP contribution in [0.5, 0.6) is 0 Å². The van der Waals surface area contributed by atoms with Crippen molar-refractivity contribution >= 4 is 29.2 Å². The van der Waals surface area contributed by atoms with Crippen LogP contribution in [-0.4, -0.2) is 6.03 Å². The van der Waals surface area contributed by atoms with Gasteiger partial charge in [0.25, 0.3) is 0 Å². The minimum Gasteiger partial charge on any atom is -0.334 e. The van der Waals surface area contributed by atoms with E-state index in [1.807, 2.05) is 6.92 Å². The molecule has 2 amide bonds. The normalized spacial score (nSPS) is 11.8. The minimum absolute atomic E-state index is 0.118. The lowest BCUT2D eigenvalue weighted by atomic mass is 10.1. The second kappa shape index (κ2) is 7.47. The summed E-state index contributed by atoms with van der Waals surface area (Å²) in [6, 6.07) is 10.8. The van der Waals surface area contributed by atoms with Crippen molar-refractivity contribution in [1.29, 1.82) is 0 Å². The van der Waals surface area contributed by atoms with Gasteiger partial charge in [-0.3, -0.25) is 0 Å². The summed E-state index contributed by atoms with van der Waals surface area (Å²) in [5, 5.41) is 6.27. The molecule has 0 radical (unpaired) electrons. The number of amides is 2. The monoisotopic (exact) mass is 340 g/mol. The summed E-state index contributed by atoms with van der Waals surface area (Å²) >= 11 is 11.8. The first-order valence-electron chi connectivity index (χ1n) is 6.70. The molecule has 2 rings (SSSR count). The number of hydrogen-bond donors (Lipinski definition) is 2. The van der Waals surface area contributed by atoms with Gasteiger partial charge < -0.3 is 10.6 Å². The number of hydrogen-bond acceptors (Lipinski definition) is 1. The van der Waals surface area contributed by atoms with Gasteiger partial charge in [0, 0.05) is 12.1 Å². The second-order valence-electron chi connectivity index (χ2n) is 4.81. The smallest absolute Gasteiger partial charge is 0.315 e. The van der Waals surface area contributed by atoms with E-state index < -0.39 is 0 Å². The molecule has 22 heavy (non-hydrogen) atoms. The van der Waals surface area contributed by atoms with Crippen LogP contribution in [0.3, 0.4) is 0 Å². The maximum Gasteiger partial charge on any atom is 0.315 e. The topological polar surface area (TPSA) is 41.1 Å². The Bertz CT molecular complexity index is 679. The van der Waals surface area contributed by atoms with E-state index in [1.165, 1.54) is 6.07 Å². The molecule has 0 aliphatic rings. The molecule has 0 aromatic heterocycles. The molecule has 0 fully saturated rings. The van der Waals surface area contributed by atoms with Crippen molar-refractivity contribution < 1.29 is 9.18 Å². The van der Waals surface area contributed by atoms with Crippen LogP contribution in [0.25, 0.3) is 0 Å². The zero-order valence-corrected chi connectivity index (χ0v) is 13.4. The highest BCUT2D eigenvalue weighted by molar-refractivity contribution is 6.42. The predicted octanol–water partition coefficient (Wildman–Crippen LogP) is 4.69. The quantitative estimate of drug-likeness (QED) is 0.832. The van der Waals surface area contributed by atoms with Gasteiger partial charge in [-0.25, -0.2) is 9.18 Å². The lowest BCUT2D eigenvalue weighted by molar-refractivity contribution is 0.237. The van der Waals surface area contributed by atoms with Crippen LogP contribution in [0.15, 0.2) is 42.5 Å². The average molecular weight is 341 g/mol. The van der Waals surface area contributed by atoms with Crippen molar-refractivity contribution in [2.45, 2.75) is 19.5 Å². The molecule has 2 aromatic carbocycles. The summed E-state index contributed by atoms with van der Waals surface area (Å²) in [5.41, 5.74) is 1.26. The highest BCUT2D eigenvalue weighted by atomic mass is 35.5. The van der Waals surface area contributed by atoms with E-state index in [2.05, 4.69) is 10.6 Å². The van der Waals surface area contributed by atoms with Gasteiger partial charge in [0.2, 0.25) is 0 Å². The zero-order valence-electron chi connectivity index (χ0n) is 11.9. The Hall–Kier alpha value is -1.78. The SMILES string of the molecule is CC(NC(=O)NCc1ccccc1F)c1ccc(Cl)c(Cl)c1. The first kappa shape index (κ1) is 16.6. The predicted molar refractivity (Wildman–Crippen MR) is 86.6 cm³/mol. The van der Waals surface area contributed by atoms with Crippen LogP contribution in [0, 0.1) is 5.82 Å². The molecule has 0 saturated heterocycles. The van der Waals surface area contributed by atoms with E-state index in [-0.39, 0.29) is 24.4 Å². The lowest BCUT2D eigenvalue weighted by Gasteiger charge is -2.16. The Kier molecular flexibility index (Phi) is 5.63. The molecule has 6 heteroatoms. The third-order valence-corrected chi connectivity index (χ3v) is 3.93. The van der Waals surface area contributed by atoms with Crippen LogP contribution in [0.1, 0.15) is 24.1 Å². The van der Waals surface area contributed by atoms with Crippen LogP contribution in [0.4, 0.5) is 9.18 Å². The van der Waals surface area contributed by atoms with Crippen molar-refractivity contribution in [3.8, 4) is 0 Å². The first-order valence-corrected chi connectivity index (χ1v) is 7.45. The molecule has 3 nitrogen and oxygen atoms in total. The second-order valence-corrected chi connectivity index (χ2v) is 5.63. The van der Waals surface area contributed by atoms with Crippen molar-refractivity contribution in [3.05, 3.63) is 69.5 Å². The summed E-state index contributed by atoms with van der Waals surface area (Å²) in [5.74, 6) is -0.347. The molecular formula is C16H15Cl2FN2O. The number of carbonyl (C=O) groups excluding carboxylic acids is 1. The molecular weight excluding hydrogens is 326 g/mol. The number of carbonyl (C=O) groups is 1. The number of nitrogens with one attached hydrogen (secondary N) is 2. The number of benzene rings is 2. The Morgan fingerprint density at radius 2 is 1.91 bits per heavy atom. The number of halogens is 3. The van der Waals surface area contributed by atoms with E-state index in [1.54, 1.807) is 36.4 Å². The maximum absolute atomic E-state index is 13.5. The standard InChI is InChI=1S/C16H15Cl2FN2O/c1-10(11-6-7-13(17)14(18)8-11)21-16(22)20-9-12-4-2-3-5-15(12)19/h2-8,10H,9H2,1H3,(H2,20,21,22). The molecule has 0 aliphatic carbocycles. The highest BCUT2D eigenvalue weighted by Crippen LogP contribution is 2.25. The lowest BCUT2D eigenvalue weighted by Crippen LogP contribution is -2.36. The third-order valence-electron chi connectivity index (χ3n) is 3.19. The van der Waals surface area contributed by atoms with Gasteiger partial charge in [0.1, 0.15) is 5.82 Å². The Morgan fingerprint density at radius 1 is 1.18 bits per heavy atom. The van der Waals surface area contributed by atoms with Gasteiger partial charge in [0.15, 0.2) is 0 Å². The Morgan fingerprint density at radius 3 is 2.59 bits per heavy atom. The summed E-state index contributed by atoms with van der Waals surface area (Å²) in [6.07, 6.45) is 0. The Balaban J connectivity index is 1.91. The average Bonchev–Trinajstić information content (AvgIpc) is 2.49. The molecule has 0 heterocycles. The van der Waals surface area contributed by atoms with E-state index in [0.29, 0.717) is 15.6 Å². The fraction of sp³-hybridized carbons (Fsp3) is 0.188. The molecule has 0 bridgehead atoms. The van der Waals surface area contributed by atoms with Crippen LogP contribution in [0.2, 0.25) is 10.0 Å². The van der Waals surface area contributed by atoms with Crippen molar-refractivity contribution in [2.24, 2.45) is 0 Å². The minimum atomic E-state index is -0.387. The van der Waals surface area contributed by atoms with Crippen LogP contribution < -0.4 is 10.6 Å². The summed E-state index contributed by atoms with van der Waals surface area (Å²) in [4.78, 5) is 11.9. The Labute approximate surface area is 138 Å². The molecule has 0 aliphatic heterocycles. The van der Waals surface area contributed by atoms with Gasteiger partial charge in [-0.15, -0.1) is 0 Å². The molecule has 1 atom stereocenters. The van der Waals surface area contributed by atoms with E-state index in [0.717, 1.165) is 5.56 Å². The molecule has 2 N–H and O–H groups in total. The first-order chi connectivity index (χ1) is 10.5. The summed E-state index contributed by atoms with van der Waals surface area (Å²) < 4.78 is 13.5. The van der Waals surface area contributed by atoms with Crippen molar-refractivity contribution in [3.63, 3.8) is 0 Å². The van der Waals surface area contributed by atoms with Gasteiger partial charge in [-0.05, 0) is 30.7 Å². The number of urea groups is 1. The molecule has 0 spiro atoms. The maximum atomic E-state index is 13.5. The van der Waals surface area contributed by atoms with Gasteiger partial charge in [0.05, 0.1) is 16.1 Å². The third kappa shape index (κ3) is 4.36. The van der Waals surface area contributed by atoms with Gasteiger partial charge in [-0.2, -0.15) is 0 Å². The molecule has 0 saturated carbocycles. The van der Waals surface area contributed by atoms with E-state index >= 15 is 0 Å². The largest absolute Gasteiger partial charge is 0.334 e. The van der Waals surface area contributed by atoms with Gasteiger partial charge >= 0.3 is 6.03 Å². The van der Waals surface area contributed by atoms with E-state index in [9.17, 15) is 9.18 Å². The highest BCUT2D eigenvalue weighted by Gasteiger charge is 2.11. The van der Waals surface area contributed by atoms with Crippen LogP contribution >= 0.6 is 23.2 Å². The van der Waals surface area contributed by atoms with Crippen molar-refractivity contribution in [1.82, 2.24) is 10.6 Å². The van der Waals surface area contributed by atoms with Crippen LogP contribution in [-0.2, 0) is 6.54 Å². The summed E-state index contributed by atoms with van der Waals surface area (Å²) in [7, 11) is 0. The molecule has 1 unspecified atom stereocenters. The fourth-order valence-corrected chi connectivity index (χ4v) is 2.24. The van der Waals surface area contributed by atoms with E-state index in [4.69, 9.17) is 23.2 Å². The van der Waals surface area contributed by atoms with Gasteiger partial charge in [-0.1, -0.05) is 47.5 Å². The fourth-order valence-electron chi connectivity index (χ4n) is 1.93. The molecule has 2 aromatic rings. The van der Waals surface area contributed by atoms with Crippen molar-refractivity contribution in [2.75, 3.05) is 0 Å². The zero-order chi connectivity index (χ0) is 16.1. The summed E-state index contributed by atoms with van der Waals surface area (Å²) in [6.45, 7) is 1.94.